The van der Waals surface area contributed by atoms with Gasteiger partial charge in [0.15, 0.2) is 0 Å². The zero-order valence-corrected chi connectivity index (χ0v) is 11.5. The normalized spacial score (nSPS) is 17.7. The molecule has 0 saturated heterocycles. The predicted molar refractivity (Wildman–Crippen MR) is 74.8 cm³/mol. The van der Waals surface area contributed by atoms with Gasteiger partial charge in [0.25, 0.3) is 0 Å². The number of rotatable bonds is 3. The van der Waals surface area contributed by atoms with E-state index in [-0.39, 0.29) is 5.41 Å². The predicted octanol–water partition coefficient (Wildman–Crippen LogP) is 2.75. The molecule has 17 heavy (non-hydrogen) atoms. The van der Waals surface area contributed by atoms with E-state index in [1.165, 1.54) is 41.6 Å². The van der Waals surface area contributed by atoms with Gasteiger partial charge in [-0.1, -0.05) is 12.5 Å². The van der Waals surface area contributed by atoms with Crippen molar-refractivity contribution in [3.8, 4) is 0 Å². The molecule has 0 aromatic heterocycles. The Morgan fingerprint density at radius 1 is 1.18 bits per heavy atom. The van der Waals surface area contributed by atoms with E-state index in [0.29, 0.717) is 0 Å². The third-order valence-electron chi connectivity index (χ3n) is 4.37. The van der Waals surface area contributed by atoms with E-state index < -0.39 is 0 Å². The maximum atomic E-state index is 6.04. The largest absolute Gasteiger partial charge is 0.377 e. The Bertz CT molecular complexity index is 412. The quantitative estimate of drug-likeness (QED) is 0.868. The molecule has 2 N–H and O–H groups in total. The van der Waals surface area contributed by atoms with Crippen molar-refractivity contribution in [2.45, 2.75) is 38.5 Å². The average molecular weight is 232 g/mol. The maximum absolute atomic E-state index is 6.04. The summed E-state index contributed by atoms with van der Waals surface area (Å²) in [6.45, 7) is 5.15. The summed E-state index contributed by atoms with van der Waals surface area (Å²) in [5.74, 6) is 0. The van der Waals surface area contributed by atoms with E-state index in [4.69, 9.17) is 5.73 Å². The Kier molecular flexibility index (Phi) is 3.17. The molecule has 0 bridgehead atoms. The zero-order valence-electron chi connectivity index (χ0n) is 11.5. The van der Waals surface area contributed by atoms with Crippen LogP contribution in [0.2, 0.25) is 0 Å². The molecule has 0 aliphatic heterocycles. The topological polar surface area (TPSA) is 29.3 Å². The molecule has 0 amide bonds. The van der Waals surface area contributed by atoms with Gasteiger partial charge >= 0.3 is 0 Å². The number of nitrogens with zero attached hydrogens (tertiary/aromatic N) is 1. The second kappa shape index (κ2) is 4.34. The van der Waals surface area contributed by atoms with Crippen molar-refractivity contribution in [3.05, 3.63) is 28.8 Å². The molecule has 0 radical (unpaired) electrons. The van der Waals surface area contributed by atoms with Crippen LogP contribution in [0.3, 0.4) is 0 Å². The second-order valence-electron chi connectivity index (χ2n) is 5.69. The first-order valence-corrected chi connectivity index (χ1v) is 6.49. The van der Waals surface area contributed by atoms with Gasteiger partial charge in [0.2, 0.25) is 0 Å². The first-order chi connectivity index (χ1) is 8.00. The molecule has 0 atom stereocenters. The van der Waals surface area contributed by atoms with Crippen molar-refractivity contribution >= 4 is 5.69 Å². The SMILES string of the molecule is Cc1cc(N(C)C)c(C2(CN)CCC2)cc1C. The van der Waals surface area contributed by atoms with E-state index in [0.717, 1.165) is 6.54 Å². The highest BCUT2D eigenvalue weighted by molar-refractivity contribution is 5.60. The van der Waals surface area contributed by atoms with Gasteiger partial charge in [-0.05, 0) is 49.4 Å². The molecule has 94 valence electrons. The van der Waals surface area contributed by atoms with E-state index >= 15 is 0 Å². The molecule has 2 heteroatoms. The van der Waals surface area contributed by atoms with Gasteiger partial charge in [-0.15, -0.1) is 0 Å². The third-order valence-corrected chi connectivity index (χ3v) is 4.37. The Hall–Kier alpha value is -1.02. The maximum Gasteiger partial charge on any atom is 0.0402 e. The molecule has 1 fully saturated rings. The lowest BCUT2D eigenvalue weighted by Gasteiger charge is -2.43. The van der Waals surface area contributed by atoms with Gasteiger partial charge in [-0.2, -0.15) is 0 Å². The fourth-order valence-corrected chi connectivity index (χ4v) is 2.78. The summed E-state index contributed by atoms with van der Waals surface area (Å²) >= 11 is 0. The summed E-state index contributed by atoms with van der Waals surface area (Å²) < 4.78 is 0. The number of hydrogen-bond donors (Lipinski definition) is 1. The van der Waals surface area contributed by atoms with Crippen molar-refractivity contribution < 1.29 is 0 Å². The highest BCUT2D eigenvalue weighted by Gasteiger charge is 2.39. The summed E-state index contributed by atoms with van der Waals surface area (Å²) in [6.07, 6.45) is 3.80. The summed E-state index contributed by atoms with van der Waals surface area (Å²) in [6, 6.07) is 4.66. The number of benzene rings is 1. The minimum atomic E-state index is 0.248. The fraction of sp³-hybridized carbons (Fsp3) is 0.600. The van der Waals surface area contributed by atoms with Crippen LogP contribution >= 0.6 is 0 Å². The van der Waals surface area contributed by atoms with Crippen molar-refractivity contribution in [3.63, 3.8) is 0 Å². The van der Waals surface area contributed by atoms with Crippen LogP contribution in [0.5, 0.6) is 0 Å². The van der Waals surface area contributed by atoms with Gasteiger partial charge in [0, 0.05) is 31.7 Å². The summed E-state index contributed by atoms with van der Waals surface area (Å²) in [4.78, 5) is 2.22. The van der Waals surface area contributed by atoms with E-state index in [1.54, 1.807) is 0 Å². The van der Waals surface area contributed by atoms with Crippen LogP contribution in [-0.2, 0) is 5.41 Å². The standard InChI is InChI=1S/C15H24N2/c1-11-8-13(15(10-16)6-5-7-15)14(17(3)4)9-12(11)2/h8-9H,5-7,10,16H2,1-4H3. The Balaban J connectivity index is 2.55. The van der Waals surface area contributed by atoms with Gasteiger partial charge in [0.05, 0.1) is 0 Å². The second-order valence-corrected chi connectivity index (χ2v) is 5.69. The Labute approximate surface area is 105 Å². The smallest absolute Gasteiger partial charge is 0.0402 e. The van der Waals surface area contributed by atoms with Gasteiger partial charge < -0.3 is 10.6 Å². The number of aryl methyl sites for hydroxylation is 2. The molecule has 0 spiro atoms. The fourth-order valence-electron chi connectivity index (χ4n) is 2.78. The molecule has 2 nitrogen and oxygen atoms in total. The van der Waals surface area contributed by atoms with Gasteiger partial charge in [0.1, 0.15) is 0 Å². The molecule has 2 rings (SSSR count). The molecule has 0 unspecified atom stereocenters. The highest BCUT2D eigenvalue weighted by Crippen LogP contribution is 2.46. The van der Waals surface area contributed by atoms with Crippen LogP contribution in [0, 0.1) is 13.8 Å². The van der Waals surface area contributed by atoms with Crippen molar-refractivity contribution in [2.24, 2.45) is 5.73 Å². The van der Waals surface area contributed by atoms with Crippen LogP contribution < -0.4 is 10.6 Å². The molecular weight excluding hydrogens is 208 g/mol. The highest BCUT2D eigenvalue weighted by atomic mass is 15.1. The van der Waals surface area contributed by atoms with E-state index in [1.807, 2.05) is 0 Å². The molecule has 1 saturated carbocycles. The minimum Gasteiger partial charge on any atom is -0.377 e. The molecular formula is C15H24N2. The molecule has 1 aliphatic carbocycles. The molecule has 1 aliphatic rings. The molecule has 1 aromatic carbocycles. The molecule has 1 aromatic rings. The first-order valence-electron chi connectivity index (χ1n) is 6.49. The van der Waals surface area contributed by atoms with Crippen LogP contribution in [0.25, 0.3) is 0 Å². The number of hydrogen-bond acceptors (Lipinski definition) is 2. The number of nitrogens with two attached hydrogens (primary N) is 1. The minimum absolute atomic E-state index is 0.248. The van der Waals surface area contributed by atoms with E-state index in [2.05, 4.69) is 45.0 Å². The molecule has 0 heterocycles. The monoisotopic (exact) mass is 232 g/mol. The summed E-state index contributed by atoms with van der Waals surface area (Å²) in [5, 5.41) is 0. The Morgan fingerprint density at radius 3 is 2.18 bits per heavy atom. The van der Waals surface area contributed by atoms with E-state index in [9.17, 15) is 0 Å². The lowest BCUT2D eigenvalue weighted by molar-refractivity contribution is 0.253. The summed E-state index contributed by atoms with van der Waals surface area (Å²) in [7, 11) is 4.24. The van der Waals surface area contributed by atoms with Crippen LogP contribution in [0.1, 0.15) is 36.0 Å². The average Bonchev–Trinajstić information content (AvgIpc) is 2.21. The van der Waals surface area contributed by atoms with Crippen molar-refractivity contribution in [2.75, 3.05) is 25.5 Å². The third kappa shape index (κ3) is 1.95. The van der Waals surface area contributed by atoms with Crippen molar-refractivity contribution in [1.29, 1.82) is 0 Å². The summed E-state index contributed by atoms with van der Waals surface area (Å²) in [5.41, 5.74) is 11.8. The first kappa shape index (κ1) is 12.4. The Morgan fingerprint density at radius 2 is 1.76 bits per heavy atom. The number of anilines is 1. The van der Waals surface area contributed by atoms with Crippen LogP contribution in [0.15, 0.2) is 12.1 Å². The lowest BCUT2D eigenvalue weighted by Crippen LogP contribution is -2.42. The lowest BCUT2D eigenvalue weighted by atomic mass is 9.63. The van der Waals surface area contributed by atoms with Crippen LogP contribution in [-0.4, -0.2) is 20.6 Å². The zero-order chi connectivity index (χ0) is 12.6. The van der Waals surface area contributed by atoms with Crippen molar-refractivity contribution in [1.82, 2.24) is 0 Å². The van der Waals surface area contributed by atoms with Gasteiger partial charge in [-0.25, -0.2) is 0 Å². The van der Waals surface area contributed by atoms with Crippen LogP contribution in [0.4, 0.5) is 5.69 Å². The van der Waals surface area contributed by atoms with Gasteiger partial charge in [-0.3, -0.25) is 0 Å².